The Balaban J connectivity index is 1.48. The van der Waals surface area contributed by atoms with Gasteiger partial charge in [0.25, 0.3) is 0 Å². The Labute approximate surface area is 152 Å². The van der Waals surface area contributed by atoms with E-state index in [1.807, 2.05) is 11.3 Å². The molecule has 2 unspecified atom stereocenters. The molecule has 1 saturated heterocycles. The Kier molecular flexibility index (Phi) is 3.93. The van der Waals surface area contributed by atoms with Gasteiger partial charge in [0.1, 0.15) is 0 Å². The van der Waals surface area contributed by atoms with Crippen molar-refractivity contribution >= 4 is 27.0 Å². The average molecular weight is 347 g/mol. The Morgan fingerprint density at radius 3 is 2.72 bits per heavy atom. The molecule has 126 valence electrons. The fourth-order valence-corrected chi connectivity index (χ4v) is 5.11. The molecule has 25 heavy (non-hydrogen) atoms. The first-order chi connectivity index (χ1) is 12.4. The molecule has 0 amide bonds. The summed E-state index contributed by atoms with van der Waals surface area (Å²) in [5.41, 5.74) is 4.31. The molecule has 0 saturated carbocycles. The second kappa shape index (κ2) is 6.41. The molecule has 2 aliphatic rings. The first-order valence-corrected chi connectivity index (χ1v) is 9.81. The maximum atomic E-state index is 5.87. The molecule has 2 bridgehead atoms. The molecule has 0 radical (unpaired) electrons. The Bertz CT molecular complexity index is 914. The first-order valence-electron chi connectivity index (χ1n) is 8.93. The first kappa shape index (κ1) is 15.3. The second-order valence-electron chi connectivity index (χ2n) is 6.96. The second-order valence-corrected chi connectivity index (χ2v) is 7.87. The standard InChI is InChI=1S/C22H21NOS/c1-2-6-16(7-3-1)12-23-18-10-17(11-19(23)14-24-13-18)21-15-25-22-9-5-4-8-20(21)22/h1-10,15,18-19H,11-14H2. The van der Waals surface area contributed by atoms with Gasteiger partial charge in [-0.15, -0.1) is 11.3 Å². The molecule has 1 fully saturated rings. The molecular formula is C22H21NOS. The molecule has 0 spiro atoms. The van der Waals surface area contributed by atoms with Crippen molar-refractivity contribution in [1.82, 2.24) is 4.90 Å². The van der Waals surface area contributed by atoms with Crippen molar-refractivity contribution in [1.29, 1.82) is 0 Å². The predicted molar refractivity (Wildman–Crippen MR) is 105 cm³/mol. The predicted octanol–water partition coefficient (Wildman–Crippen LogP) is 4.96. The van der Waals surface area contributed by atoms with Crippen LogP contribution in [0.3, 0.4) is 0 Å². The van der Waals surface area contributed by atoms with Gasteiger partial charge in [-0.05, 0) is 40.0 Å². The minimum atomic E-state index is 0.376. The fourth-order valence-electron chi connectivity index (χ4n) is 4.13. The molecule has 2 aliphatic heterocycles. The summed E-state index contributed by atoms with van der Waals surface area (Å²) >= 11 is 1.85. The topological polar surface area (TPSA) is 12.5 Å². The zero-order chi connectivity index (χ0) is 16.6. The van der Waals surface area contributed by atoms with Gasteiger partial charge in [0.15, 0.2) is 0 Å². The van der Waals surface area contributed by atoms with Crippen LogP contribution in [-0.4, -0.2) is 30.2 Å². The van der Waals surface area contributed by atoms with E-state index in [-0.39, 0.29) is 0 Å². The van der Waals surface area contributed by atoms with Gasteiger partial charge in [0, 0.05) is 17.3 Å². The van der Waals surface area contributed by atoms with Crippen LogP contribution in [0, 0.1) is 0 Å². The van der Waals surface area contributed by atoms with E-state index in [4.69, 9.17) is 4.74 Å². The molecule has 3 heterocycles. The van der Waals surface area contributed by atoms with Crippen LogP contribution in [0.5, 0.6) is 0 Å². The van der Waals surface area contributed by atoms with Crippen LogP contribution in [0.2, 0.25) is 0 Å². The van der Waals surface area contributed by atoms with Crippen molar-refractivity contribution in [2.45, 2.75) is 25.0 Å². The van der Waals surface area contributed by atoms with E-state index < -0.39 is 0 Å². The zero-order valence-electron chi connectivity index (χ0n) is 14.1. The largest absolute Gasteiger partial charge is 0.378 e. The van der Waals surface area contributed by atoms with E-state index in [1.165, 1.54) is 26.8 Å². The number of nitrogens with zero attached hydrogens (tertiary/aromatic N) is 1. The number of ether oxygens (including phenoxy) is 1. The van der Waals surface area contributed by atoms with Crippen LogP contribution >= 0.6 is 11.3 Å². The molecule has 2 aromatic carbocycles. The highest BCUT2D eigenvalue weighted by molar-refractivity contribution is 7.17. The minimum absolute atomic E-state index is 0.376. The molecule has 3 heteroatoms. The summed E-state index contributed by atoms with van der Waals surface area (Å²) < 4.78 is 7.26. The zero-order valence-corrected chi connectivity index (χ0v) is 14.9. The normalized spacial score (nSPS) is 23.6. The summed E-state index contributed by atoms with van der Waals surface area (Å²) in [7, 11) is 0. The van der Waals surface area contributed by atoms with Crippen molar-refractivity contribution < 1.29 is 4.74 Å². The van der Waals surface area contributed by atoms with Crippen molar-refractivity contribution in [3.8, 4) is 0 Å². The van der Waals surface area contributed by atoms with E-state index >= 15 is 0 Å². The maximum Gasteiger partial charge on any atom is 0.0658 e. The van der Waals surface area contributed by atoms with Crippen molar-refractivity contribution in [3.05, 3.63) is 77.2 Å². The highest BCUT2D eigenvalue weighted by atomic mass is 32.1. The summed E-state index contributed by atoms with van der Waals surface area (Å²) in [6.07, 6.45) is 3.52. The lowest BCUT2D eigenvalue weighted by molar-refractivity contribution is -0.0402. The minimum Gasteiger partial charge on any atom is -0.378 e. The lowest BCUT2D eigenvalue weighted by Crippen LogP contribution is -2.53. The van der Waals surface area contributed by atoms with E-state index in [9.17, 15) is 0 Å². The van der Waals surface area contributed by atoms with Gasteiger partial charge in [-0.25, -0.2) is 0 Å². The van der Waals surface area contributed by atoms with E-state index in [2.05, 4.69) is 71.0 Å². The van der Waals surface area contributed by atoms with Crippen molar-refractivity contribution in [2.24, 2.45) is 0 Å². The molecule has 5 rings (SSSR count). The Hall–Kier alpha value is -1.94. The maximum absolute atomic E-state index is 5.87. The van der Waals surface area contributed by atoms with Crippen LogP contribution in [0.15, 0.2) is 66.1 Å². The quantitative estimate of drug-likeness (QED) is 0.664. The lowest BCUT2D eigenvalue weighted by Gasteiger charge is -2.44. The number of hydrogen-bond acceptors (Lipinski definition) is 3. The van der Waals surface area contributed by atoms with E-state index in [0.717, 1.165) is 26.2 Å². The van der Waals surface area contributed by atoms with Crippen molar-refractivity contribution in [3.63, 3.8) is 0 Å². The highest BCUT2D eigenvalue weighted by Crippen LogP contribution is 2.38. The van der Waals surface area contributed by atoms with Gasteiger partial charge in [-0.3, -0.25) is 4.90 Å². The van der Waals surface area contributed by atoms with Gasteiger partial charge in [-0.1, -0.05) is 54.6 Å². The van der Waals surface area contributed by atoms with Crippen molar-refractivity contribution in [2.75, 3.05) is 13.2 Å². The number of morpholine rings is 1. The number of thiophene rings is 1. The van der Waals surface area contributed by atoms with E-state index in [1.54, 1.807) is 0 Å². The van der Waals surface area contributed by atoms with Crippen LogP contribution in [0.25, 0.3) is 15.7 Å². The summed E-state index contributed by atoms with van der Waals surface area (Å²) in [6.45, 7) is 2.64. The monoisotopic (exact) mass is 347 g/mol. The van der Waals surface area contributed by atoms with Gasteiger partial charge >= 0.3 is 0 Å². The summed E-state index contributed by atoms with van der Waals surface area (Å²) in [4.78, 5) is 2.62. The lowest BCUT2D eigenvalue weighted by atomic mass is 9.89. The number of hydrogen-bond donors (Lipinski definition) is 0. The molecule has 3 aromatic rings. The van der Waals surface area contributed by atoms with Crippen LogP contribution in [-0.2, 0) is 11.3 Å². The third-order valence-corrected chi connectivity index (χ3v) is 6.34. The highest BCUT2D eigenvalue weighted by Gasteiger charge is 2.35. The summed E-state index contributed by atoms with van der Waals surface area (Å²) in [5.74, 6) is 0. The number of fused-ring (bicyclic) bond motifs is 3. The fraction of sp³-hybridized carbons (Fsp3) is 0.273. The van der Waals surface area contributed by atoms with Crippen LogP contribution < -0.4 is 0 Å². The Morgan fingerprint density at radius 2 is 1.84 bits per heavy atom. The van der Waals surface area contributed by atoms with Gasteiger partial charge < -0.3 is 4.74 Å². The summed E-state index contributed by atoms with van der Waals surface area (Å²) in [5, 5.41) is 3.73. The molecule has 2 nitrogen and oxygen atoms in total. The Morgan fingerprint density at radius 1 is 1.00 bits per heavy atom. The van der Waals surface area contributed by atoms with Crippen LogP contribution in [0.4, 0.5) is 0 Å². The number of benzene rings is 2. The summed E-state index contributed by atoms with van der Waals surface area (Å²) in [6, 6.07) is 20.4. The molecule has 1 aromatic heterocycles. The molecule has 0 N–H and O–H groups in total. The van der Waals surface area contributed by atoms with Gasteiger partial charge in [0.05, 0.1) is 19.3 Å². The molecular weight excluding hydrogens is 326 g/mol. The molecule has 0 aliphatic carbocycles. The SMILES string of the molecule is C1=C(c2csc3ccccc23)CC2COCC1N2Cc1ccccc1. The average Bonchev–Trinajstić information content (AvgIpc) is 3.06. The van der Waals surface area contributed by atoms with Gasteiger partial charge in [-0.2, -0.15) is 0 Å². The van der Waals surface area contributed by atoms with Crippen LogP contribution in [0.1, 0.15) is 17.5 Å². The van der Waals surface area contributed by atoms with Gasteiger partial charge in [0.2, 0.25) is 0 Å². The smallest absolute Gasteiger partial charge is 0.0658 e. The third-order valence-electron chi connectivity index (χ3n) is 5.38. The van der Waals surface area contributed by atoms with E-state index in [0.29, 0.717) is 12.1 Å². The third kappa shape index (κ3) is 2.82. The molecule has 2 atom stereocenters. The number of rotatable bonds is 3.